The van der Waals surface area contributed by atoms with Crippen molar-refractivity contribution in [2.75, 3.05) is 45.9 Å². The molecule has 256 valence electrons. The van der Waals surface area contributed by atoms with Gasteiger partial charge in [0.15, 0.2) is 0 Å². The predicted octanol–water partition coefficient (Wildman–Crippen LogP) is 8.75. The van der Waals surface area contributed by atoms with Gasteiger partial charge in [0, 0.05) is 24.5 Å². The quantitative estimate of drug-likeness (QED) is 0.0928. The van der Waals surface area contributed by atoms with Gasteiger partial charge in [-0.1, -0.05) is 35.4 Å². The zero-order chi connectivity index (χ0) is 35.4. The summed E-state index contributed by atoms with van der Waals surface area (Å²) >= 11 is 0. The van der Waals surface area contributed by atoms with Crippen molar-refractivity contribution in [1.29, 1.82) is 0 Å². The molecule has 10 nitrogen and oxygen atoms in total. The number of nitrogen functional groups attached to an aromatic ring is 2. The third-order valence-electron chi connectivity index (χ3n) is 7.75. The van der Waals surface area contributed by atoms with Gasteiger partial charge in [0.05, 0.1) is 36.0 Å². The molecule has 4 aromatic carbocycles. The Kier molecular flexibility index (Phi) is 13.5. The molecule has 0 saturated carbocycles. The van der Waals surface area contributed by atoms with Crippen LogP contribution in [0.4, 0.5) is 43.7 Å². The first-order chi connectivity index (χ1) is 22.8. The fourth-order valence-corrected chi connectivity index (χ4v) is 5.49. The van der Waals surface area contributed by atoms with E-state index in [1.54, 1.807) is 38.1 Å². The highest BCUT2D eigenvalue weighted by atomic mass is 16.6. The van der Waals surface area contributed by atoms with Crippen LogP contribution in [0.25, 0.3) is 0 Å². The molecule has 0 heterocycles. The van der Waals surface area contributed by atoms with Crippen molar-refractivity contribution < 1.29 is 19.1 Å². The van der Waals surface area contributed by atoms with E-state index < -0.39 is 12.2 Å². The second-order valence-corrected chi connectivity index (χ2v) is 11.8. The Morgan fingerprint density at radius 3 is 1.19 bits per heavy atom. The molecule has 2 amide bonds. The zero-order valence-corrected chi connectivity index (χ0v) is 29.4. The van der Waals surface area contributed by atoms with Crippen LogP contribution in [0.5, 0.6) is 0 Å². The number of hydrogen-bond donors (Lipinski definition) is 6. The van der Waals surface area contributed by atoms with E-state index in [0.717, 1.165) is 24.5 Å². The number of rotatable bonds is 10. The van der Waals surface area contributed by atoms with Crippen LogP contribution in [0, 0.1) is 41.5 Å². The summed E-state index contributed by atoms with van der Waals surface area (Å²) in [5.74, 6) is 0. The van der Waals surface area contributed by atoms with Crippen molar-refractivity contribution in [1.82, 2.24) is 0 Å². The lowest BCUT2D eigenvalue weighted by atomic mass is 10.00. The number of benzene rings is 4. The smallest absolute Gasteiger partial charge is 0.411 e. The van der Waals surface area contributed by atoms with Gasteiger partial charge in [-0.25, -0.2) is 9.59 Å². The van der Waals surface area contributed by atoms with Crippen molar-refractivity contribution in [2.45, 2.75) is 68.5 Å². The standard InChI is InChI=1S/2C19H25N3O2/c2*1-5-24-19(23)22-18-7-6-15(10-17(18)20)21-11-16-13(3)8-12(2)9-14(16)4/h2*6-10,21H,5,11,20H2,1-4H3,(H,22,23). The number of amides is 2. The Hall–Kier alpha value is -5.38. The lowest BCUT2D eigenvalue weighted by molar-refractivity contribution is 0.167. The third kappa shape index (κ3) is 10.9. The van der Waals surface area contributed by atoms with Crippen molar-refractivity contribution in [3.63, 3.8) is 0 Å². The first-order valence-electron chi connectivity index (χ1n) is 16.1. The third-order valence-corrected chi connectivity index (χ3v) is 7.75. The van der Waals surface area contributed by atoms with Crippen molar-refractivity contribution in [3.8, 4) is 0 Å². The topological polar surface area (TPSA) is 153 Å². The minimum atomic E-state index is -0.504. The fourth-order valence-electron chi connectivity index (χ4n) is 5.49. The molecule has 10 heteroatoms. The zero-order valence-electron chi connectivity index (χ0n) is 29.4. The summed E-state index contributed by atoms with van der Waals surface area (Å²) < 4.78 is 9.70. The van der Waals surface area contributed by atoms with Gasteiger partial charge in [0.25, 0.3) is 0 Å². The molecule has 0 unspecified atom stereocenters. The molecule has 0 bridgehead atoms. The number of ether oxygens (including phenoxy) is 2. The number of carbonyl (C=O) groups excluding carboxylic acids is 2. The maximum Gasteiger partial charge on any atom is 0.411 e. The van der Waals surface area contributed by atoms with Gasteiger partial charge >= 0.3 is 12.2 Å². The van der Waals surface area contributed by atoms with Crippen LogP contribution in [-0.4, -0.2) is 25.4 Å². The molecule has 0 aliphatic carbocycles. The Morgan fingerprint density at radius 2 is 0.896 bits per heavy atom. The highest BCUT2D eigenvalue weighted by Gasteiger charge is 2.09. The molecule has 48 heavy (non-hydrogen) atoms. The summed E-state index contributed by atoms with van der Waals surface area (Å²) in [6, 6.07) is 19.7. The normalized spacial score (nSPS) is 10.3. The molecule has 8 N–H and O–H groups in total. The highest BCUT2D eigenvalue weighted by molar-refractivity contribution is 5.90. The van der Waals surface area contributed by atoms with Gasteiger partial charge in [-0.3, -0.25) is 10.6 Å². The van der Waals surface area contributed by atoms with Crippen LogP contribution >= 0.6 is 0 Å². The number of aryl methyl sites for hydroxylation is 6. The van der Waals surface area contributed by atoms with E-state index in [2.05, 4.69) is 87.1 Å². The molecule has 0 aliphatic rings. The number of carbonyl (C=O) groups is 2. The van der Waals surface area contributed by atoms with Crippen LogP contribution in [0.2, 0.25) is 0 Å². The molecule has 0 saturated heterocycles. The van der Waals surface area contributed by atoms with Crippen molar-refractivity contribution >= 4 is 46.3 Å². The molecular formula is C38H50N6O4. The summed E-state index contributed by atoms with van der Waals surface area (Å²) in [4.78, 5) is 22.9. The lowest BCUT2D eigenvalue weighted by Gasteiger charge is -2.14. The van der Waals surface area contributed by atoms with Gasteiger partial charge in [0.2, 0.25) is 0 Å². The molecule has 0 fully saturated rings. The van der Waals surface area contributed by atoms with Crippen molar-refractivity contribution in [2.24, 2.45) is 0 Å². The molecule has 0 radical (unpaired) electrons. The number of anilines is 6. The van der Waals surface area contributed by atoms with Crippen molar-refractivity contribution in [3.05, 3.63) is 105 Å². The monoisotopic (exact) mass is 654 g/mol. The van der Waals surface area contributed by atoms with Gasteiger partial charge in [-0.2, -0.15) is 0 Å². The summed E-state index contributed by atoms with van der Waals surface area (Å²) in [6.07, 6.45) is -1.01. The van der Waals surface area contributed by atoms with E-state index in [0.29, 0.717) is 36.0 Å². The molecule has 0 atom stereocenters. The van der Waals surface area contributed by atoms with Gasteiger partial charge in [0.1, 0.15) is 0 Å². The predicted molar refractivity (Wildman–Crippen MR) is 199 cm³/mol. The van der Waals surface area contributed by atoms with E-state index in [4.69, 9.17) is 20.9 Å². The average Bonchev–Trinajstić information content (AvgIpc) is 2.99. The Bertz CT molecular complexity index is 1560. The number of nitrogens with two attached hydrogens (primary N) is 2. The maximum atomic E-state index is 11.5. The van der Waals surface area contributed by atoms with E-state index >= 15 is 0 Å². The van der Waals surface area contributed by atoms with E-state index in [-0.39, 0.29) is 0 Å². The van der Waals surface area contributed by atoms with Crippen LogP contribution in [0.1, 0.15) is 58.4 Å². The SMILES string of the molecule is CCOC(=O)Nc1ccc(NCc2c(C)cc(C)cc2C)cc1N.CCOC(=O)Nc1ccc(NCc2c(C)cc(C)cc2C)cc1N. The molecule has 4 rings (SSSR count). The first-order valence-corrected chi connectivity index (χ1v) is 16.1. The highest BCUT2D eigenvalue weighted by Crippen LogP contribution is 2.26. The van der Waals surface area contributed by atoms with Crippen LogP contribution in [0.15, 0.2) is 60.7 Å². The fraction of sp³-hybridized carbons (Fsp3) is 0.316. The number of nitrogens with one attached hydrogen (secondary N) is 4. The van der Waals surface area contributed by atoms with Crippen LogP contribution in [-0.2, 0) is 22.6 Å². The minimum absolute atomic E-state index is 0.320. The minimum Gasteiger partial charge on any atom is -0.450 e. The van der Waals surface area contributed by atoms with E-state index in [9.17, 15) is 9.59 Å². The van der Waals surface area contributed by atoms with E-state index in [1.165, 1.54) is 44.5 Å². The summed E-state index contributed by atoms with van der Waals surface area (Å²) in [5.41, 5.74) is 26.1. The summed E-state index contributed by atoms with van der Waals surface area (Å²) in [7, 11) is 0. The molecule has 0 spiro atoms. The van der Waals surface area contributed by atoms with Crippen LogP contribution < -0.4 is 32.7 Å². The second-order valence-electron chi connectivity index (χ2n) is 11.8. The second kappa shape index (κ2) is 17.5. The van der Waals surface area contributed by atoms with Gasteiger partial charge in [-0.15, -0.1) is 0 Å². The van der Waals surface area contributed by atoms with Gasteiger partial charge in [-0.05, 0) is 125 Å². The Morgan fingerprint density at radius 1 is 0.562 bits per heavy atom. The summed E-state index contributed by atoms with van der Waals surface area (Å²) in [6.45, 7) is 18.3. The Balaban J connectivity index is 0.000000260. The molecular weight excluding hydrogens is 604 g/mol. The van der Waals surface area contributed by atoms with Gasteiger partial charge < -0.3 is 31.6 Å². The molecule has 4 aromatic rings. The Labute approximate surface area is 284 Å². The summed E-state index contributed by atoms with van der Waals surface area (Å²) in [5, 5.41) is 12.0. The van der Waals surface area contributed by atoms with Crippen LogP contribution in [0.3, 0.4) is 0 Å². The molecule has 0 aromatic heterocycles. The largest absolute Gasteiger partial charge is 0.450 e. The first kappa shape index (κ1) is 37.1. The lowest BCUT2D eigenvalue weighted by Crippen LogP contribution is -2.14. The van der Waals surface area contributed by atoms with E-state index in [1.807, 2.05) is 12.1 Å². The average molecular weight is 655 g/mol. The molecule has 0 aliphatic heterocycles. The number of hydrogen-bond acceptors (Lipinski definition) is 8. The maximum absolute atomic E-state index is 11.5.